The van der Waals surface area contributed by atoms with E-state index in [0.29, 0.717) is 6.61 Å². The lowest BCUT2D eigenvalue weighted by Gasteiger charge is -2.21. The van der Waals surface area contributed by atoms with E-state index in [0.717, 1.165) is 53.6 Å². The fraction of sp³-hybridized carbons (Fsp3) is 0.387. The minimum Gasteiger partial charge on any atom is -1.00 e. The highest BCUT2D eigenvalue weighted by atomic mass is 35.5. The zero-order valence-corrected chi connectivity index (χ0v) is 23.7. The van der Waals surface area contributed by atoms with E-state index < -0.39 is 0 Å². The van der Waals surface area contributed by atoms with E-state index in [1.54, 1.807) is 21.3 Å². The van der Waals surface area contributed by atoms with Gasteiger partial charge >= 0.3 is 0 Å². The Labute approximate surface area is 227 Å². The number of para-hydroxylation sites is 1. The van der Waals surface area contributed by atoms with Crippen molar-refractivity contribution in [3.05, 3.63) is 82.4 Å². The number of nitrogens with zero attached hydrogens (tertiary/aromatic N) is 1. The van der Waals surface area contributed by atoms with E-state index in [1.165, 1.54) is 22.4 Å². The Morgan fingerprint density at radius 3 is 2.11 bits per heavy atom. The van der Waals surface area contributed by atoms with Crippen molar-refractivity contribution in [2.45, 2.75) is 52.7 Å². The molecule has 0 saturated carbocycles. The summed E-state index contributed by atoms with van der Waals surface area (Å²) in [6.45, 7) is 11.0. The molecule has 0 saturated heterocycles. The molecule has 37 heavy (non-hydrogen) atoms. The summed E-state index contributed by atoms with van der Waals surface area (Å²) in [6, 6.07) is 19.0. The molecule has 0 N–H and O–H groups in total. The van der Waals surface area contributed by atoms with Gasteiger partial charge < -0.3 is 31.4 Å². The van der Waals surface area contributed by atoms with Crippen LogP contribution in [0.2, 0.25) is 0 Å². The summed E-state index contributed by atoms with van der Waals surface area (Å²) < 4.78 is 25.5. The highest BCUT2D eigenvalue weighted by molar-refractivity contribution is 5.97. The molecule has 1 heterocycles. The molecular weight excluding hydrogens is 486 g/mol. The van der Waals surface area contributed by atoms with Crippen molar-refractivity contribution >= 4 is 5.71 Å². The zero-order valence-electron chi connectivity index (χ0n) is 23.0. The largest absolute Gasteiger partial charge is 1.00 e. The summed E-state index contributed by atoms with van der Waals surface area (Å²) in [6.07, 6.45) is 0.938. The summed E-state index contributed by atoms with van der Waals surface area (Å²) in [4.78, 5) is 0. The highest BCUT2D eigenvalue weighted by Crippen LogP contribution is 2.35. The van der Waals surface area contributed by atoms with E-state index in [2.05, 4.69) is 74.7 Å². The lowest BCUT2D eigenvalue weighted by molar-refractivity contribution is -0.545. The van der Waals surface area contributed by atoms with Crippen molar-refractivity contribution in [1.82, 2.24) is 0 Å². The van der Waals surface area contributed by atoms with Gasteiger partial charge in [0.2, 0.25) is 0 Å². The molecule has 0 bridgehead atoms. The normalized spacial score (nSPS) is 12.9. The molecule has 1 aliphatic heterocycles. The molecule has 0 fully saturated rings. The molecule has 0 aromatic heterocycles. The van der Waals surface area contributed by atoms with E-state index in [-0.39, 0.29) is 17.8 Å². The smallest absolute Gasteiger partial charge is 0.180 e. The van der Waals surface area contributed by atoms with Crippen LogP contribution in [0.25, 0.3) is 0 Å². The second kappa shape index (κ2) is 11.9. The van der Waals surface area contributed by atoms with Crippen molar-refractivity contribution < 1.29 is 35.9 Å². The Kier molecular flexibility index (Phi) is 9.14. The van der Waals surface area contributed by atoms with Crippen LogP contribution in [0.1, 0.15) is 55.5 Å². The molecule has 0 amide bonds. The van der Waals surface area contributed by atoms with E-state index in [1.807, 2.05) is 12.1 Å². The third-order valence-electron chi connectivity index (χ3n) is 6.97. The maximum atomic E-state index is 6.39. The Morgan fingerprint density at radius 1 is 0.838 bits per heavy atom. The predicted octanol–water partition coefficient (Wildman–Crippen LogP) is 3.17. The molecule has 0 aliphatic carbocycles. The van der Waals surface area contributed by atoms with Crippen LogP contribution in [0.4, 0.5) is 0 Å². The van der Waals surface area contributed by atoms with Gasteiger partial charge in [0.25, 0.3) is 0 Å². The van der Waals surface area contributed by atoms with Crippen molar-refractivity contribution in [2.75, 3.05) is 27.9 Å². The molecule has 0 atom stereocenters. The van der Waals surface area contributed by atoms with E-state index >= 15 is 0 Å². The Balaban J connectivity index is 0.00000380. The standard InChI is InChI=1S/C31H38NO4.ClH/c1-21-26-18-29(35-7)28(34-6)17-23(26)15-16-32(21)19-24-9-8-10-27(33-5)30(24)36-20-22-11-13-25(14-12-22)31(2,3)4;/h8-14,17-18H,15-16,19-20H2,1-7H3;1H/q+1;/p-1. The van der Waals surface area contributed by atoms with Crippen LogP contribution < -0.4 is 31.4 Å². The van der Waals surface area contributed by atoms with Crippen molar-refractivity contribution in [3.8, 4) is 23.0 Å². The molecule has 1 aliphatic rings. The van der Waals surface area contributed by atoms with Crippen LogP contribution in [0, 0.1) is 0 Å². The average molecular weight is 524 g/mol. The van der Waals surface area contributed by atoms with Gasteiger partial charge in [0.1, 0.15) is 13.2 Å². The van der Waals surface area contributed by atoms with Gasteiger partial charge in [0.05, 0.1) is 26.9 Å². The molecule has 6 heteroatoms. The van der Waals surface area contributed by atoms with Gasteiger partial charge in [-0.3, -0.25) is 0 Å². The fourth-order valence-corrected chi connectivity index (χ4v) is 4.73. The topological polar surface area (TPSA) is 39.9 Å². The number of hydrogen-bond acceptors (Lipinski definition) is 4. The number of halogens is 1. The minimum absolute atomic E-state index is 0. The molecule has 0 spiro atoms. The first-order valence-corrected chi connectivity index (χ1v) is 12.5. The van der Waals surface area contributed by atoms with Crippen molar-refractivity contribution in [1.29, 1.82) is 0 Å². The lowest BCUT2D eigenvalue weighted by atomic mass is 9.87. The maximum Gasteiger partial charge on any atom is 0.180 e. The first-order valence-electron chi connectivity index (χ1n) is 12.5. The van der Waals surface area contributed by atoms with Gasteiger partial charge in [-0.15, -0.1) is 0 Å². The van der Waals surface area contributed by atoms with Gasteiger partial charge in [-0.2, -0.15) is 0 Å². The van der Waals surface area contributed by atoms with Gasteiger partial charge in [-0.05, 0) is 46.4 Å². The highest BCUT2D eigenvalue weighted by Gasteiger charge is 2.26. The summed E-state index contributed by atoms with van der Waals surface area (Å²) in [5, 5.41) is 0. The van der Waals surface area contributed by atoms with Crippen LogP contribution in [0.3, 0.4) is 0 Å². The van der Waals surface area contributed by atoms with Crippen LogP contribution in [-0.2, 0) is 25.0 Å². The van der Waals surface area contributed by atoms with Crippen molar-refractivity contribution in [2.24, 2.45) is 0 Å². The number of rotatable bonds is 8. The molecule has 3 aromatic carbocycles. The van der Waals surface area contributed by atoms with Crippen LogP contribution in [0.15, 0.2) is 54.6 Å². The minimum atomic E-state index is 0. The number of fused-ring (bicyclic) bond motifs is 1. The number of hydrogen-bond donors (Lipinski definition) is 0. The molecule has 198 valence electrons. The van der Waals surface area contributed by atoms with Crippen LogP contribution in [0.5, 0.6) is 23.0 Å². The summed E-state index contributed by atoms with van der Waals surface area (Å²) in [5.41, 5.74) is 7.37. The molecule has 0 radical (unpaired) electrons. The summed E-state index contributed by atoms with van der Waals surface area (Å²) >= 11 is 0. The van der Waals surface area contributed by atoms with E-state index in [9.17, 15) is 0 Å². The molecule has 5 nitrogen and oxygen atoms in total. The molecular formula is C31H38ClNO4. The molecule has 4 rings (SSSR count). The first kappa shape index (κ1) is 28.4. The van der Waals surface area contributed by atoms with Gasteiger partial charge in [-0.25, -0.2) is 4.58 Å². The second-order valence-corrected chi connectivity index (χ2v) is 10.3. The van der Waals surface area contributed by atoms with Gasteiger partial charge in [0.15, 0.2) is 35.3 Å². The Hall–Kier alpha value is -3.18. The van der Waals surface area contributed by atoms with Crippen LogP contribution in [-0.4, -0.2) is 38.2 Å². The molecule has 0 unspecified atom stereocenters. The van der Waals surface area contributed by atoms with Crippen molar-refractivity contribution in [3.63, 3.8) is 0 Å². The summed E-state index contributed by atoms with van der Waals surface area (Å²) in [7, 11) is 5.05. The monoisotopic (exact) mass is 523 g/mol. The average Bonchev–Trinajstić information content (AvgIpc) is 2.88. The van der Waals surface area contributed by atoms with Crippen LogP contribution >= 0.6 is 0 Å². The van der Waals surface area contributed by atoms with E-state index in [4.69, 9.17) is 18.9 Å². The third-order valence-corrected chi connectivity index (χ3v) is 6.97. The zero-order chi connectivity index (χ0) is 25.9. The Bertz CT molecular complexity index is 1260. The predicted molar refractivity (Wildman–Crippen MR) is 144 cm³/mol. The molecule has 3 aromatic rings. The second-order valence-electron chi connectivity index (χ2n) is 10.3. The van der Waals surface area contributed by atoms with Gasteiger partial charge in [0, 0.05) is 18.9 Å². The number of benzene rings is 3. The fourth-order valence-electron chi connectivity index (χ4n) is 4.73. The number of methoxy groups -OCH3 is 3. The quantitative estimate of drug-likeness (QED) is 0.425. The summed E-state index contributed by atoms with van der Waals surface area (Å²) in [5.74, 6) is 3.07. The lowest BCUT2D eigenvalue weighted by Crippen LogP contribution is -3.00. The third kappa shape index (κ3) is 6.22. The van der Waals surface area contributed by atoms with Gasteiger partial charge in [-0.1, -0.05) is 51.1 Å². The SMILES string of the molecule is COc1cc2c(cc1OC)C(C)=[N+](Cc1cccc(OC)c1OCc1ccc(C(C)(C)C)cc1)CC2.[Cl-]. The maximum absolute atomic E-state index is 6.39. The first-order chi connectivity index (χ1) is 17.2. The number of ether oxygens (including phenoxy) is 4. The Morgan fingerprint density at radius 2 is 1.49 bits per heavy atom.